The molecule has 6 heteroatoms. The third kappa shape index (κ3) is 4.29. The van der Waals surface area contributed by atoms with Gasteiger partial charge in [-0.2, -0.15) is 0 Å². The van der Waals surface area contributed by atoms with Crippen LogP contribution in [0.2, 0.25) is 0 Å². The van der Waals surface area contributed by atoms with Crippen LogP contribution in [0.25, 0.3) is 10.8 Å². The Morgan fingerprint density at radius 1 is 1.09 bits per heavy atom. The van der Waals surface area contributed by atoms with Crippen LogP contribution in [0.1, 0.15) is 24.2 Å². The second-order valence-electron chi connectivity index (χ2n) is 4.96. The number of rotatable bonds is 4. The zero-order valence-electron chi connectivity index (χ0n) is 13.0. The third-order valence-corrected chi connectivity index (χ3v) is 3.21. The molecular weight excluding hydrogens is 296 g/mol. The van der Waals surface area contributed by atoms with Crippen LogP contribution in [0, 0.1) is 0 Å². The Balaban J connectivity index is 2.02. The standard InChI is InChI=1S/C17H18N2O4/c1-3-18-17(22)19-15(20)11(2)23-16(21)14-9-8-12-6-4-5-7-13(12)10-14/h4-11H,3H2,1-2H3,(H2,18,19,20,22)/t11-/m1/s1. The van der Waals surface area contributed by atoms with E-state index < -0.39 is 24.0 Å². The number of carbonyl (C=O) groups is 3. The maximum Gasteiger partial charge on any atom is 0.338 e. The van der Waals surface area contributed by atoms with Gasteiger partial charge in [-0.1, -0.05) is 30.3 Å². The normalized spacial score (nSPS) is 11.6. The molecule has 3 amide bonds. The molecule has 0 saturated heterocycles. The lowest BCUT2D eigenvalue weighted by atomic mass is 10.1. The van der Waals surface area contributed by atoms with Crippen molar-refractivity contribution in [3.05, 3.63) is 48.0 Å². The number of urea groups is 1. The molecule has 0 unspecified atom stereocenters. The summed E-state index contributed by atoms with van der Waals surface area (Å²) in [6.45, 7) is 3.53. The lowest BCUT2D eigenvalue weighted by molar-refractivity contribution is -0.127. The summed E-state index contributed by atoms with van der Waals surface area (Å²) in [6, 6.07) is 12.1. The molecule has 2 aromatic rings. The van der Waals surface area contributed by atoms with Crippen molar-refractivity contribution in [2.24, 2.45) is 0 Å². The van der Waals surface area contributed by atoms with Crippen molar-refractivity contribution < 1.29 is 19.1 Å². The van der Waals surface area contributed by atoms with E-state index in [0.717, 1.165) is 10.8 Å². The Hall–Kier alpha value is -2.89. The predicted octanol–water partition coefficient (Wildman–Crippen LogP) is 2.23. The van der Waals surface area contributed by atoms with Crippen molar-refractivity contribution in [3.8, 4) is 0 Å². The van der Waals surface area contributed by atoms with Gasteiger partial charge < -0.3 is 10.1 Å². The highest BCUT2D eigenvalue weighted by atomic mass is 16.5. The summed E-state index contributed by atoms with van der Waals surface area (Å²) >= 11 is 0. The average molecular weight is 314 g/mol. The summed E-state index contributed by atoms with van der Waals surface area (Å²) in [5.41, 5.74) is 0.348. The maximum atomic E-state index is 12.1. The summed E-state index contributed by atoms with van der Waals surface area (Å²) in [5.74, 6) is -1.29. The number of ether oxygens (including phenoxy) is 1. The van der Waals surface area contributed by atoms with E-state index in [1.807, 2.05) is 30.3 Å². The van der Waals surface area contributed by atoms with E-state index >= 15 is 0 Å². The van der Waals surface area contributed by atoms with Crippen LogP contribution in [0.5, 0.6) is 0 Å². The fourth-order valence-electron chi connectivity index (χ4n) is 2.02. The minimum atomic E-state index is -1.07. The Kier molecular flexibility index (Phi) is 5.30. The van der Waals surface area contributed by atoms with Crippen molar-refractivity contribution in [2.45, 2.75) is 20.0 Å². The van der Waals surface area contributed by atoms with Gasteiger partial charge in [0.1, 0.15) is 0 Å². The first-order valence-electron chi connectivity index (χ1n) is 7.29. The highest BCUT2D eigenvalue weighted by Crippen LogP contribution is 2.16. The van der Waals surface area contributed by atoms with E-state index in [1.54, 1.807) is 19.1 Å². The molecule has 0 saturated carbocycles. The Labute approximate surface area is 133 Å². The molecule has 0 fully saturated rings. The van der Waals surface area contributed by atoms with E-state index in [2.05, 4.69) is 10.6 Å². The van der Waals surface area contributed by atoms with Crippen LogP contribution in [0.4, 0.5) is 4.79 Å². The molecule has 0 aliphatic carbocycles. The van der Waals surface area contributed by atoms with Gasteiger partial charge in [-0.25, -0.2) is 9.59 Å². The van der Waals surface area contributed by atoms with E-state index in [1.165, 1.54) is 6.92 Å². The number of imide groups is 1. The second kappa shape index (κ2) is 7.40. The molecular formula is C17H18N2O4. The topological polar surface area (TPSA) is 84.5 Å². The van der Waals surface area contributed by atoms with Crippen LogP contribution in [0.15, 0.2) is 42.5 Å². The van der Waals surface area contributed by atoms with Crippen LogP contribution < -0.4 is 10.6 Å². The number of hydrogen-bond acceptors (Lipinski definition) is 4. The number of esters is 1. The monoisotopic (exact) mass is 314 g/mol. The molecule has 23 heavy (non-hydrogen) atoms. The lowest BCUT2D eigenvalue weighted by Gasteiger charge is -2.13. The smallest absolute Gasteiger partial charge is 0.338 e. The number of benzene rings is 2. The van der Waals surface area contributed by atoms with Gasteiger partial charge >= 0.3 is 12.0 Å². The van der Waals surface area contributed by atoms with Crippen LogP contribution in [-0.2, 0) is 9.53 Å². The summed E-state index contributed by atoms with van der Waals surface area (Å²) in [6.07, 6.45) is -1.07. The molecule has 0 aromatic heterocycles. The summed E-state index contributed by atoms with van der Waals surface area (Å²) < 4.78 is 5.10. The highest BCUT2D eigenvalue weighted by Gasteiger charge is 2.20. The predicted molar refractivity (Wildman–Crippen MR) is 86.0 cm³/mol. The molecule has 6 nitrogen and oxygen atoms in total. The first-order chi connectivity index (χ1) is 11.0. The van der Waals surface area contributed by atoms with Crippen LogP contribution >= 0.6 is 0 Å². The average Bonchev–Trinajstić information content (AvgIpc) is 2.54. The molecule has 120 valence electrons. The van der Waals surface area contributed by atoms with Gasteiger partial charge in [0, 0.05) is 6.54 Å². The fraction of sp³-hybridized carbons (Fsp3) is 0.235. The molecule has 0 spiro atoms. The Morgan fingerprint density at radius 3 is 2.48 bits per heavy atom. The number of nitrogens with one attached hydrogen (secondary N) is 2. The number of hydrogen-bond donors (Lipinski definition) is 2. The molecule has 2 rings (SSSR count). The molecule has 0 radical (unpaired) electrons. The SMILES string of the molecule is CCNC(=O)NC(=O)[C@@H](C)OC(=O)c1ccc2ccccc2c1. The van der Waals surface area contributed by atoms with Crippen molar-refractivity contribution >= 4 is 28.7 Å². The minimum absolute atomic E-state index is 0.348. The zero-order chi connectivity index (χ0) is 16.8. The maximum absolute atomic E-state index is 12.1. The van der Waals surface area contributed by atoms with E-state index in [4.69, 9.17) is 4.74 Å². The molecule has 2 N–H and O–H groups in total. The minimum Gasteiger partial charge on any atom is -0.449 e. The number of fused-ring (bicyclic) bond motifs is 1. The second-order valence-corrected chi connectivity index (χ2v) is 4.96. The molecule has 0 aliphatic heterocycles. The molecule has 0 heterocycles. The van der Waals surface area contributed by atoms with Crippen LogP contribution in [-0.4, -0.2) is 30.6 Å². The van der Waals surface area contributed by atoms with E-state index in [0.29, 0.717) is 12.1 Å². The van der Waals surface area contributed by atoms with Crippen molar-refractivity contribution in [2.75, 3.05) is 6.54 Å². The van der Waals surface area contributed by atoms with Gasteiger partial charge in [0.2, 0.25) is 0 Å². The van der Waals surface area contributed by atoms with Gasteiger partial charge in [0.05, 0.1) is 5.56 Å². The third-order valence-electron chi connectivity index (χ3n) is 3.21. The summed E-state index contributed by atoms with van der Waals surface area (Å²) in [5, 5.41) is 6.44. The zero-order valence-corrected chi connectivity index (χ0v) is 13.0. The lowest BCUT2D eigenvalue weighted by Crippen LogP contribution is -2.44. The Bertz CT molecular complexity index is 742. The van der Waals surface area contributed by atoms with Crippen molar-refractivity contribution in [1.29, 1.82) is 0 Å². The largest absolute Gasteiger partial charge is 0.449 e. The van der Waals surface area contributed by atoms with Gasteiger partial charge in [0.15, 0.2) is 6.10 Å². The van der Waals surface area contributed by atoms with Gasteiger partial charge in [0.25, 0.3) is 5.91 Å². The number of amides is 3. The highest BCUT2D eigenvalue weighted by molar-refractivity contribution is 5.99. The summed E-state index contributed by atoms with van der Waals surface area (Å²) in [7, 11) is 0. The fourth-order valence-corrected chi connectivity index (χ4v) is 2.02. The quantitative estimate of drug-likeness (QED) is 0.848. The van der Waals surface area contributed by atoms with Gasteiger partial charge in [-0.05, 0) is 36.8 Å². The molecule has 0 bridgehead atoms. The Morgan fingerprint density at radius 2 is 1.78 bits per heavy atom. The summed E-state index contributed by atoms with van der Waals surface area (Å²) in [4.78, 5) is 35.1. The van der Waals surface area contributed by atoms with Crippen molar-refractivity contribution in [1.82, 2.24) is 10.6 Å². The molecule has 2 aromatic carbocycles. The van der Waals surface area contributed by atoms with E-state index in [-0.39, 0.29) is 0 Å². The number of carbonyl (C=O) groups excluding carboxylic acids is 3. The van der Waals surface area contributed by atoms with Crippen LogP contribution in [0.3, 0.4) is 0 Å². The van der Waals surface area contributed by atoms with E-state index in [9.17, 15) is 14.4 Å². The molecule has 1 atom stereocenters. The van der Waals surface area contributed by atoms with Crippen molar-refractivity contribution in [3.63, 3.8) is 0 Å². The molecule has 0 aliphatic rings. The first-order valence-corrected chi connectivity index (χ1v) is 7.29. The first kappa shape index (κ1) is 16.5. The van der Waals surface area contributed by atoms with Gasteiger partial charge in [-0.15, -0.1) is 0 Å². The van der Waals surface area contributed by atoms with Gasteiger partial charge in [-0.3, -0.25) is 10.1 Å².